The second kappa shape index (κ2) is 14.0. The summed E-state index contributed by atoms with van der Waals surface area (Å²) in [6.45, 7) is 5.92. The van der Waals surface area contributed by atoms with Crippen LogP contribution in [0.5, 0.6) is 0 Å². The quantitative estimate of drug-likeness (QED) is 0.214. The molecule has 40 heavy (non-hydrogen) atoms. The highest BCUT2D eigenvalue weighted by molar-refractivity contribution is 7.87. The van der Waals surface area contributed by atoms with Crippen molar-refractivity contribution >= 4 is 51.0 Å². The van der Waals surface area contributed by atoms with Crippen molar-refractivity contribution in [2.75, 3.05) is 19.0 Å². The molecule has 3 aromatic rings. The number of methoxy groups -OCH3 is 1. The van der Waals surface area contributed by atoms with Gasteiger partial charge in [-0.2, -0.15) is 17.4 Å². The van der Waals surface area contributed by atoms with Crippen LogP contribution in [0.1, 0.15) is 48.3 Å². The molecule has 0 aliphatic rings. The Morgan fingerprint density at radius 3 is 2.12 bits per heavy atom. The van der Waals surface area contributed by atoms with Gasteiger partial charge in [0.15, 0.2) is 0 Å². The van der Waals surface area contributed by atoms with Gasteiger partial charge >= 0.3 is 5.97 Å². The minimum Gasteiger partial charge on any atom is -0.468 e. The number of nitrogens with one attached hydrogen (secondary N) is 2. The monoisotopic (exact) mass is 606 g/mol. The Balaban J connectivity index is 1.77. The normalized spacial score (nSPS) is 13.2. The Kier molecular flexibility index (Phi) is 11.1. The van der Waals surface area contributed by atoms with Crippen LogP contribution in [0.3, 0.4) is 0 Å². The Hall–Kier alpha value is -3.02. The van der Waals surface area contributed by atoms with Gasteiger partial charge in [-0.05, 0) is 54.7 Å². The molecule has 0 aliphatic heterocycles. The number of hydrogen-bond acceptors (Lipinski definition) is 6. The van der Waals surface area contributed by atoms with Crippen LogP contribution in [0.25, 0.3) is 0 Å². The maximum absolute atomic E-state index is 13.6. The molecule has 1 aromatic heterocycles. The number of halogens is 2. The van der Waals surface area contributed by atoms with Crippen LogP contribution in [-0.4, -0.2) is 49.3 Å². The minimum atomic E-state index is -4.10. The van der Waals surface area contributed by atoms with E-state index in [9.17, 15) is 18.0 Å². The van der Waals surface area contributed by atoms with Crippen LogP contribution in [-0.2, 0) is 26.2 Å². The Morgan fingerprint density at radius 2 is 1.57 bits per heavy atom. The largest absolute Gasteiger partial charge is 0.468 e. The number of hydrogen-bond donors (Lipinski definition) is 2. The van der Waals surface area contributed by atoms with Gasteiger partial charge in [0.2, 0.25) is 0 Å². The smallest absolute Gasteiger partial charge is 0.324 e. The Bertz CT molecular complexity index is 1400. The first-order valence-electron chi connectivity index (χ1n) is 12.5. The molecule has 2 N–H and O–H groups in total. The van der Waals surface area contributed by atoms with Gasteiger partial charge in [-0.15, -0.1) is 0 Å². The van der Waals surface area contributed by atoms with Crippen molar-refractivity contribution in [3.8, 4) is 0 Å². The van der Waals surface area contributed by atoms with Crippen LogP contribution in [0.15, 0.2) is 66.7 Å². The molecule has 0 radical (unpaired) electrons. The molecule has 3 rings (SSSR count). The topological polar surface area (TPSA) is 118 Å². The Labute approximate surface area is 245 Å². The summed E-state index contributed by atoms with van der Waals surface area (Å²) in [5.74, 6) is -1.11. The van der Waals surface area contributed by atoms with E-state index in [-0.39, 0.29) is 34.8 Å². The molecule has 2 atom stereocenters. The molecule has 0 fully saturated rings. The second-order valence-electron chi connectivity index (χ2n) is 9.61. The van der Waals surface area contributed by atoms with Gasteiger partial charge in [0, 0.05) is 23.8 Å². The van der Waals surface area contributed by atoms with E-state index in [2.05, 4.69) is 15.0 Å². The highest BCUT2D eigenvalue weighted by atomic mass is 35.5. The predicted molar refractivity (Wildman–Crippen MR) is 157 cm³/mol. The maximum atomic E-state index is 13.6. The average Bonchev–Trinajstić information content (AvgIpc) is 2.91. The lowest BCUT2D eigenvalue weighted by Crippen LogP contribution is -2.51. The van der Waals surface area contributed by atoms with Gasteiger partial charge in [0.1, 0.15) is 16.3 Å². The molecule has 1 amide bonds. The first-order valence-corrected chi connectivity index (χ1v) is 14.7. The third-order valence-corrected chi connectivity index (χ3v) is 8.07. The van der Waals surface area contributed by atoms with Gasteiger partial charge in [-0.25, -0.2) is 4.98 Å². The van der Waals surface area contributed by atoms with Gasteiger partial charge in [-0.3, -0.25) is 9.59 Å². The predicted octanol–water partition coefficient (Wildman–Crippen LogP) is 5.28. The third kappa shape index (κ3) is 8.74. The summed E-state index contributed by atoms with van der Waals surface area (Å²) >= 11 is 11.8. The van der Waals surface area contributed by atoms with Crippen LogP contribution in [0.2, 0.25) is 10.3 Å². The molecule has 0 spiro atoms. The van der Waals surface area contributed by atoms with E-state index >= 15 is 0 Å². The van der Waals surface area contributed by atoms with Crippen molar-refractivity contribution in [1.82, 2.24) is 14.0 Å². The number of benzene rings is 2. The first kappa shape index (κ1) is 31.5. The molecule has 0 saturated carbocycles. The summed E-state index contributed by atoms with van der Waals surface area (Å²) in [6, 6.07) is 17.1. The number of carbonyl (C=O) groups excluding carboxylic acids is 2. The molecule has 214 valence electrons. The fraction of sp³-hybridized carbons (Fsp3) is 0.321. The van der Waals surface area contributed by atoms with Crippen LogP contribution in [0.4, 0.5) is 5.69 Å². The molecule has 0 bridgehead atoms. The molecule has 2 aromatic carbocycles. The number of rotatable bonds is 12. The maximum Gasteiger partial charge on any atom is 0.324 e. The molecular formula is C28H32Cl2N4O5S. The second-order valence-corrected chi connectivity index (χ2v) is 12.0. The number of aromatic nitrogens is 1. The molecule has 1 heterocycles. The van der Waals surface area contributed by atoms with Crippen molar-refractivity contribution in [3.63, 3.8) is 0 Å². The van der Waals surface area contributed by atoms with Gasteiger partial charge in [-0.1, -0.05) is 79.5 Å². The van der Waals surface area contributed by atoms with E-state index in [0.29, 0.717) is 11.3 Å². The summed E-state index contributed by atoms with van der Waals surface area (Å²) in [5.41, 5.74) is 2.20. The zero-order chi connectivity index (χ0) is 29.4. The van der Waals surface area contributed by atoms with Gasteiger partial charge < -0.3 is 10.1 Å². The highest BCUT2D eigenvalue weighted by Crippen LogP contribution is 2.25. The Morgan fingerprint density at radius 1 is 0.975 bits per heavy atom. The fourth-order valence-electron chi connectivity index (χ4n) is 4.04. The minimum absolute atomic E-state index is 0.0327. The number of nitrogens with zero attached hydrogens (tertiary/aromatic N) is 2. The van der Waals surface area contributed by atoms with Crippen molar-refractivity contribution < 1.29 is 22.7 Å². The van der Waals surface area contributed by atoms with Crippen molar-refractivity contribution in [3.05, 3.63) is 93.7 Å². The summed E-state index contributed by atoms with van der Waals surface area (Å²) in [4.78, 5) is 29.0. The molecule has 9 nitrogen and oxygen atoms in total. The zero-order valence-corrected chi connectivity index (χ0v) is 24.9. The van der Waals surface area contributed by atoms with E-state index in [1.54, 1.807) is 24.3 Å². The number of esters is 1. The summed E-state index contributed by atoms with van der Waals surface area (Å²) in [6.07, 6.45) is 0.0327. The fourth-order valence-corrected chi connectivity index (χ4v) is 6.21. The van der Waals surface area contributed by atoms with Crippen molar-refractivity contribution in [2.24, 2.45) is 5.92 Å². The highest BCUT2D eigenvalue weighted by Gasteiger charge is 2.33. The van der Waals surface area contributed by atoms with E-state index in [1.165, 1.54) is 23.5 Å². The molecule has 12 heteroatoms. The molecule has 0 saturated heterocycles. The third-order valence-electron chi connectivity index (χ3n) is 6.02. The average molecular weight is 608 g/mol. The standard InChI is InChI=1S/C28H32Cl2N4O5S/c1-18(2)17-34(19(3)21-8-6-5-7-9-21)40(37,38)33-24(28(36)39-4)14-20-10-12-23(13-11-20)31-27(35)22-15-25(29)32-26(30)16-22/h5-13,15-16,18-19,24,33H,14,17H2,1-4H3,(H,31,35)/t19-,24-/m0/s1. The number of pyridine rings is 1. The molecule has 0 aliphatic carbocycles. The molecular weight excluding hydrogens is 575 g/mol. The lowest BCUT2D eigenvalue weighted by Gasteiger charge is -2.31. The number of ether oxygens (including phenoxy) is 1. The van der Waals surface area contributed by atoms with Gasteiger partial charge in [0.05, 0.1) is 7.11 Å². The first-order chi connectivity index (χ1) is 18.9. The lowest BCUT2D eigenvalue weighted by atomic mass is 10.1. The number of anilines is 1. The van der Waals surface area contributed by atoms with E-state index < -0.39 is 34.2 Å². The van der Waals surface area contributed by atoms with Crippen LogP contribution < -0.4 is 10.0 Å². The summed E-state index contributed by atoms with van der Waals surface area (Å²) in [5, 5.41) is 2.92. The van der Waals surface area contributed by atoms with Crippen LogP contribution >= 0.6 is 23.2 Å². The zero-order valence-electron chi connectivity index (χ0n) is 22.6. The van der Waals surface area contributed by atoms with Crippen LogP contribution in [0, 0.1) is 5.92 Å². The lowest BCUT2D eigenvalue weighted by molar-refractivity contribution is -0.142. The van der Waals surface area contributed by atoms with Gasteiger partial charge in [0.25, 0.3) is 16.1 Å². The SMILES string of the molecule is COC(=O)[C@H](Cc1ccc(NC(=O)c2cc(Cl)nc(Cl)c2)cc1)NS(=O)(=O)N(CC(C)C)[C@@H](C)c1ccccc1. The number of carbonyl (C=O) groups is 2. The number of amides is 1. The van der Waals surface area contributed by atoms with E-state index in [4.69, 9.17) is 27.9 Å². The summed E-state index contributed by atoms with van der Waals surface area (Å²) in [7, 11) is -2.90. The van der Waals surface area contributed by atoms with E-state index in [1.807, 2.05) is 51.1 Å². The molecule has 0 unspecified atom stereocenters. The van der Waals surface area contributed by atoms with E-state index in [0.717, 1.165) is 5.56 Å². The van der Waals surface area contributed by atoms with Crippen molar-refractivity contribution in [1.29, 1.82) is 0 Å². The van der Waals surface area contributed by atoms with Crippen molar-refractivity contribution in [2.45, 2.75) is 39.3 Å². The summed E-state index contributed by atoms with van der Waals surface area (Å²) < 4.78 is 36.0.